The Morgan fingerprint density at radius 3 is 2.79 bits per heavy atom. The molecule has 2 aromatic rings. The Labute approximate surface area is 137 Å². The highest BCUT2D eigenvalue weighted by Gasteiger charge is 2.13. The lowest BCUT2D eigenvalue weighted by molar-refractivity contribution is -0.385. The van der Waals surface area contributed by atoms with Crippen LogP contribution in [0.2, 0.25) is 0 Å². The lowest BCUT2D eigenvalue weighted by Crippen LogP contribution is -2.10. The Morgan fingerprint density at radius 1 is 1.33 bits per heavy atom. The molecule has 1 amide bonds. The van der Waals surface area contributed by atoms with Gasteiger partial charge in [-0.1, -0.05) is 18.2 Å². The Hall–Kier alpha value is -3.06. The molecule has 0 heterocycles. The van der Waals surface area contributed by atoms with Crippen molar-refractivity contribution < 1.29 is 18.8 Å². The summed E-state index contributed by atoms with van der Waals surface area (Å²) in [4.78, 5) is 22.2. The van der Waals surface area contributed by atoms with Gasteiger partial charge in [0.1, 0.15) is 5.82 Å². The number of carbonyl (C=O) groups excluding carboxylic acids is 1. The van der Waals surface area contributed by atoms with Gasteiger partial charge in [-0.05, 0) is 24.3 Å². The van der Waals surface area contributed by atoms with Crippen LogP contribution in [-0.2, 0) is 16.1 Å². The van der Waals surface area contributed by atoms with E-state index in [1.54, 1.807) is 19.2 Å². The van der Waals surface area contributed by atoms with Crippen molar-refractivity contribution in [2.75, 3.05) is 12.4 Å². The molecule has 124 valence electrons. The predicted molar refractivity (Wildman–Crippen MR) is 87.9 cm³/mol. The van der Waals surface area contributed by atoms with Gasteiger partial charge < -0.3 is 10.1 Å². The molecule has 0 aliphatic carbocycles. The third kappa shape index (κ3) is 4.47. The summed E-state index contributed by atoms with van der Waals surface area (Å²) in [6.07, 6.45) is 2.43. The number of methoxy groups -OCH3 is 1. The monoisotopic (exact) mass is 330 g/mol. The Kier molecular flexibility index (Phi) is 5.75. The van der Waals surface area contributed by atoms with Crippen molar-refractivity contribution in [2.45, 2.75) is 6.61 Å². The lowest BCUT2D eigenvalue weighted by atomic mass is 10.1. The van der Waals surface area contributed by atoms with Crippen molar-refractivity contribution in [2.24, 2.45) is 0 Å². The zero-order valence-electron chi connectivity index (χ0n) is 12.9. The molecule has 0 saturated heterocycles. The minimum Gasteiger partial charge on any atom is -0.380 e. The third-order valence-corrected chi connectivity index (χ3v) is 3.18. The van der Waals surface area contributed by atoms with Crippen molar-refractivity contribution in [3.8, 4) is 0 Å². The number of nitro benzene ring substituents is 1. The average Bonchev–Trinajstić information content (AvgIpc) is 2.55. The zero-order valence-corrected chi connectivity index (χ0v) is 12.9. The second-order valence-corrected chi connectivity index (χ2v) is 4.87. The standard InChI is InChI=1S/C17H15FN2O4/c1-24-11-13-4-2-3-5-15(13)19-17(21)9-7-12-6-8-14(18)10-16(12)20(22)23/h2-10H,11H2,1H3,(H,19,21). The van der Waals surface area contributed by atoms with Gasteiger partial charge in [0.2, 0.25) is 5.91 Å². The van der Waals surface area contributed by atoms with Gasteiger partial charge in [-0.3, -0.25) is 14.9 Å². The highest BCUT2D eigenvalue weighted by Crippen LogP contribution is 2.21. The van der Waals surface area contributed by atoms with Gasteiger partial charge in [-0.15, -0.1) is 0 Å². The Balaban J connectivity index is 2.16. The maximum Gasteiger partial charge on any atom is 0.279 e. The number of nitrogens with zero attached hydrogens (tertiary/aromatic N) is 1. The Morgan fingerprint density at radius 2 is 2.08 bits per heavy atom. The van der Waals surface area contributed by atoms with Crippen molar-refractivity contribution in [3.05, 3.63) is 75.6 Å². The number of amides is 1. The number of halogens is 1. The first kappa shape index (κ1) is 17.3. The SMILES string of the molecule is COCc1ccccc1NC(=O)C=Cc1ccc(F)cc1[N+](=O)[O-]. The average molecular weight is 330 g/mol. The highest BCUT2D eigenvalue weighted by atomic mass is 19.1. The van der Waals surface area contributed by atoms with Crippen LogP contribution in [0.4, 0.5) is 15.8 Å². The summed E-state index contributed by atoms with van der Waals surface area (Å²) in [5.74, 6) is -1.17. The topological polar surface area (TPSA) is 81.5 Å². The van der Waals surface area contributed by atoms with E-state index in [4.69, 9.17) is 4.74 Å². The van der Waals surface area contributed by atoms with E-state index >= 15 is 0 Å². The van der Waals surface area contributed by atoms with E-state index in [0.717, 1.165) is 23.8 Å². The van der Waals surface area contributed by atoms with Crippen LogP contribution >= 0.6 is 0 Å². The summed E-state index contributed by atoms with van der Waals surface area (Å²) >= 11 is 0. The van der Waals surface area contributed by atoms with Gasteiger partial charge in [0.15, 0.2) is 0 Å². The fourth-order valence-electron chi connectivity index (χ4n) is 2.08. The molecule has 0 atom stereocenters. The molecule has 0 unspecified atom stereocenters. The van der Waals surface area contributed by atoms with Crippen LogP contribution in [0.25, 0.3) is 6.08 Å². The molecular formula is C17H15FN2O4. The van der Waals surface area contributed by atoms with E-state index in [2.05, 4.69) is 5.32 Å². The molecule has 0 radical (unpaired) electrons. The van der Waals surface area contributed by atoms with Crippen molar-refractivity contribution in [1.82, 2.24) is 0 Å². The minimum absolute atomic E-state index is 0.140. The van der Waals surface area contributed by atoms with E-state index in [0.29, 0.717) is 12.3 Å². The van der Waals surface area contributed by atoms with E-state index in [1.165, 1.54) is 12.1 Å². The molecule has 24 heavy (non-hydrogen) atoms. The maximum absolute atomic E-state index is 13.1. The van der Waals surface area contributed by atoms with E-state index in [-0.39, 0.29) is 5.56 Å². The van der Waals surface area contributed by atoms with Crippen molar-refractivity contribution in [3.63, 3.8) is 0 Å². The number of rotatable bonds is 6. The minimum atomic E-state index is -0.711. The summed E-state index contributed by atoms with van der Waals surface area (Å²) in [5, 5.41) is 13.6. The number of hydrogen-bond donors (Lipinski definition) is 1. The number of carbonyl (C=O) groups is 1. The summed E-state index contributed by atoms with van der Waals surface area (Å²) in [5.41, 5.74) is 1.12. The molecule has 0 saturated carbocycles. The number of hydrogen-bond acceptors (Lipinski definition) is 4. The molecule has 0 spiro atoms. The van der Waals surface area contributed by atoms with Gasteiger partial charge in [0.05, 0.1) is 23.2 Å². The smallest absolute Gasteiger partial charge is 0.279 e. The predicted octanol–water partition coefficient (Wildman–Crippen LogP) is 3.53. The maximum atomic E-state index is 13.1. The molecule has 0 aliphatic heterocycles. The molecule has 2 rings (SSSR count). The molecule has 2 aromatic carbocycles. The number of ether oxygens (including phenoxy) is 1. The summed E-state index contributed by atoms with van der Waals surface area (Å²) < 4.78 is 18.1. The number of nitrogens with one attached hydrogen (secondary N) is 1. The van der Waals surface area contributed by atoms with Gasteiger partial charge in [0, 0.05) is 24.4 Å². The van der Waals surface area contributed by atoms with Crippen LogP contribution in [-0.4, -0.2) is 17.9 Å². The second-order valence-electron chi connectivity index (χ2n) is 4.87. The molecule has 6 nitrogen and oxygen atoms in total. The summed E-state index contributed by atoms with van der Waals surface area (Å²) in [6, 6.07) is 10.3. The van der Waals surface area contributed by atoms with Gasteiger partial charge in [0.25, 0.3) is 5.69 Å². The molecule has 0 bridgehead atoms. The fraction of sp³-hybridized carbons (Fsp3) is 0.118. The number of para-hydroxylation sites is 1. The first-order valence-corrected chi connectivity index (χ1v) is 7.01. The first-order chi connectivity index (χ1) is 11.5. The van der Waals surface area contributed by atoms with Crippen LogP contribution in [0, 0.1) is 15.9 Å². The zero-order chi connectivity index (χ0) is 17.5. The van der Waals surface area contributed by atoms with Crippen LogP contribution in [0.3, 0.4) is 0 Å². The summed E-state index contributed by atoms with van der Waals surface area (Å²) in [6.45, 7) is 0.337. The first-order valence-electron chi connectivity index (χ1n) is 7.01. The van der Waals surface area contributed by atoms with Crippen LogP contribution in [0.1, 0.15) is 11.1 Å². The highest BCUT2D eigenvalue weighted by molar-refractivity contribution is 6.02. The van der Waals surface area contributed by atoms with Crippen molar-refractivity contribution >= 4 is 23.4 Å². The lowest BCUT2D eigenvalue weighted by Gasteiger charge is -2.08. The molecule has 1 N–H and O–H groups in total. The number of benzene rings is 2. The number of anilines is 1. The van der Waals surface area contributed by atoms with Crippen molar-refractivity contribution in [1.29, 1.82) is 0 Å². The van der Waals surface area contributed by atoms with Gasteiger partial charge in [-0.25, -0.2) is 4.39 Å². The second kappa shape index (κ2) is 7.98. The van der Waals surface area contributed by atoms with E-state index in [1.807, 2.05) is 12.1 Å². The number of nitro groups is 1. The third-order valence-electron chi connectivity index (χ3n) is 3.18. The molecular weight excluding hydrogens is 315 g/mol. The van der Waals surface area contributed by atoms with Gasteiger partial charge >= 0.3 is 0 Å². The Bertz CT molecular complexity index is 790. The van der Waals surface area contributed by atoms with E-state index < -0.39 is 22.3 Å². The molecule has 0 aromatic heterocycles. The largest absolute Gasteiger partial charge is 0.380 e. The van der Waals surface area contributed by atoms with Crippen LogP contribution in [0.15, 0.2) is 48.5 Å². The van der Waals surface area contributed by atoms with E-state index in [9.17, 15) is 19.3 Å². The molecule has 0 fully saturated rings. The van der Waals surface area contributed by atoms with Crippen LogP contribution in [0.5, 0.6) is 0 Å². The fourth-order valence-corrected chi connectivity index (χ4v) is 2.08. The van der Waals surface area contributed by atoms with Crippen LogP contribution < -0.4 is 5.32 Å². The normalized spacial score (nSPS) is 10.8. The quantitative estimate of drug-likeness (QED) is 0.499. The van der Waals surface area contributed by atoms with Gasteiger partial charge in [-0.2, -0.15) is 0 Å². The molecule has 0 aliphatic rings. The molecule has 7 heteroatoms. The summed E-state index contributed by atoms with van der Waals surface area (Å²) in [7, 11) is 1.55.